The Morgan fingerprint density at radius 1 is 1.04 bits per heavy atom. The van der Waals surface area contributed by atoms with E-state index in [-0.39, 0.29) is 59.5 Å². The number of pyridine rings is 2. The fourth-order valence-electron chi connectivity index (χ4n) is 5.92. The number of aromatic nitrogens is 4. The first-order chi connectivity index (χ1) is 21.2. The third-order valence-electron chi connectivity index (χ3n) is 7.91. The maximum Gasteiger partial charge on any atom is 0.355 e. The fourth-order valence-corrected chi connectivity index (χ4v) is 5.92. The van der Waals surface area contributed by atoms with E-state index in [2.05, 4.69) is 21.5 Å². The summed E-state index contributed by atoms with van der Waals surface area (Å²) in [6.07, 6.45) is 2.75. The van der Waals surface area contributed by atoms with Crippen molar-refractivity contribution in [2.24, 2.45) is 0 Å². The lowest BCUT2D eigenvalue weighted by Crippen LogP contribution is -2.58. The lowest BCUT2D eigenvalue weighted by atomic mass is 10.0. The van der Waals surface area contributed by atoms with Crippen LogP contribution < -0.4 is 16.3 Å². The van der Waals surface area contributed by atoms with Crippen LogP contribution in [0, 0.1) is 36.0 Å². The van der Waals surface area contributed by atoms with E-state index in [4.69, 9.17) is 5.73 Å². The highest BCUT2D eigenvalue weighted by Gasteiger charge is 2.35. The topological polar surface area (TPSA) is 110 Å². The summed E-state index contributed by atoms with van der Waals surface area (Å²) in [4.78, 5) is 42.8. The molecular weight excluding hydrogens is 597 g/mol. The standard InChI is InChI=1S/C31H30F5N7O2/c1-7-19(44)42-15(5)11-41(12-16(42)6)29-17-10-18(32)27(20-21(33)22(34)23(35)24(36)25(20)37)39-30(17)43(31(45)40-29)28-14(4)8-9-38-26(28)13(2)3/h7-10,13,15-16H,1,11-12,37H2,2-6H3/t15-,16+. The summed E-state index contributed by atoms with van der Waals surface area (Å²) in [5.41, 5.74) is 2.55. The van der Waals surface area contributed by atoms with Gasteiger partial charge in [0.05, 0.1) is 28.0 Å². The van der Waals surface area contributed by atoms with Crippen LogP contribution in [0.5, 0.6) is 0 Å². The van der Waals surface area contributed by atoms with Crippen LogP contribution in [0.4, 0.5) is 33.5 Å². The molecule has 9 nitrogen and oxygen atoms in total. The van der Waals surface area contributed by atoms with E-state index in [1.54, 1.807) is 42.8 Å². The van der Waals surface area contributed by atoms with Gasteiger partial charge in [-0.3, -0.25) is 9.78 Å². The average Bonchev–Trinajstić information content (AvgIpc) is 2.99. The number of hydrogen-bond acceptors (Lipinski definition) is 7. The molecule has 0 spiro atoms. The zero-order valence-corrected chi connectivity index (χ0v) is 25.1. The highest BCUT2D eigenvalue weighted by Crippen LogP contribution is 2.38. The molecule has 4 heterocycles. The summed E-state index contributed by atoms with van der Waals surface area (Å²) in [5.74, 6) is -9.98. The Balaban J connectivity index is 1.87. The normalized spacial score (nSPS) is 17.0. The van der Waals surface area contributed by atoms with Gasteiger partial charge in [0.1, 0.15) is 11.5 Å². The Morgan fingerprint density at radius 2 is 1.67 bits per heavy atom. The number of amides is 1. The SMILES string of the molecule is C=CC(=O)N1[C@H](C)CN(c2nc(=O)n(-c3c(C)ccnc3C(C)C)c3nc(-c4c(N)c(F)c(F)c(F)c4F)c(F)cc23)C[C@@H]1C. The molecule has 1 aliphatic heterocycles. The summed E-state index contributed by atoms with van der Waals surface area (Å²) in [7, 11) is 0. The van der Waals surface area contributed by atoms with Crippen LogP contribution in [0.15, 0.2) is 35.8 Å². The monoisotopic (exact) mass is 627 g/mol. The zero-order chi connectivity index (χ0) is 33.1. The van der Waals surface area contributed by atoms with Gasteiger partial charge in [0.25, 0.3) is 0 Å². The molecule has 45 heavy (non-hydrogen) atoms. The van der Waals surface area contributed by atoms with Crippen molar-refractivity contribution in [3.63, 3.8) is 0 Å². The Hall–Kier alpha value is -4.88. The molecule has 1 aliphatic rings. The highest BCUT2D eigenvalue weighted by molar-refractivity contribution is 5.92. The second-order valence-electron chi connectivity index (χ2n) is 11.4. The number of carbonyl (C=O) groups is 1. The van der Waals surface area contributed by atoms with Crippen LogP contribution in [-0.4, -0.2) is 55.5 Å². The van der Waals surface area contributed by atoms with E-state index in [1.807, 2.05) is 13.8 Å². The summed E-state index contributed by atoms with van der Waals surface area (Å²) in [5, 5.41) is -0.00117. The first-order valence-electron chi connectivity index (χ1n) is 14.1. The first kappa shape index (κ1) is 31.5. The Bertz CT molecular complexity index is 1900. The van der Waals surface area contributed by atoms with E-state index in [1.165, 1.54) is 6.08 Å². The molecule has 2 atom stereocenters. The molecular formula is C31H30F5N7O2. The largest absolute Gasteiger partial charge is 0.396 e. The second-order valence-corrected chi connectivity index (χ2v) is 11.4. The minimum absolute atomic E-state index is 0.00117. The summed E-state index contributed by atoms with van der Waals surface area (Å²) in [6, 6.07) is 1.80. The highest BCUT2D eigenvalue weighted by atomic mass is 19.2. The predicted molar refractivity (Wildman–Crippen MR) is 160 cm³/mol. The Labute approximate surface area is 254 Å². The summed E-state index contributed by atoms with van der Waals surface area (Å²) in [6.45, 7) is 12.9. The van der Waals surface area contributed by atoms with Gasteiger partial charge in [0, 0.05) is 31.4 Å². The molecule has 0 saturated carbocycles. The quantitative estimate of drug-likeness (QED) is 0.107. The Kier molecular flexibility index (Phi) is 8.10. The zero-order valence-electron chi connectivity index (χ0n) is 25.1. The number of nitrogens with two attached hydrogens (primary N) is 1. The number of anilines is 2. The molecule has 1 fully saturated rings. The smallest absolute Gasteiger partial charge is 0.355 e. The van der Waals surface area contributed by atoms with Crippen molar-refractivity contribution in [1.29, 1.82) is 0 Å². The Morgan fingerprint density at radius 3 is 2.27 bits per heavy atom. The average molecular weight is 628 g/mol. The number of carbonyl (C=O) groups excluding carboxylic acids is 1. The first-order valence-corrected chi connectivity index (χ1v) is 14.1. The minimum Gasteiger partial charge on any atom is -0.396 e. The molecule has 1 saturated heterocycles. The molecule has 0 bridgehead atoms. The number of piperazine rings is 1. The van der Waals surface area contributed by atoms with Crippen molar-refractivity contribution in [3.8, 4) is 16.9 Å². The molecule has 3 aromatic heterocycles. The number of aryl methyl sites for hydroxylation is 1. The van der Waals surface area contributed by atoms with Crippen molar-refractivity contribution in [2.45, 2.75) is 52.6 Å². The van der Waals surface area contributed by atoms with Crippen molar-refractivity contribution in [2.75, 3.05) is 23.7 Å². The number of hydrogen-bond donors (Lipinski definition) is 1. The molecule has 4 aromatic rings. The van der Waals surface area contributed by atoms with Crippen LogP contribution in [0.1, 0.15) is 44.9 Å². The maximum atomic E-state index is 15.9. The van der Waals surface area contributed by atoms with Gasteiger partial charge in [-0.15, -0.1) is 0 Å². The molecule has 1 amide bonds. The van der Waals surface area contributed by atoms with Gasteiger partial charge in [-0.2, -0.15) is 4.98 Å². The van der Waals surface area contributed by atoms with E-state index in [0.29, 0.717) is 11.3 Å². The van der Waals surface area contributed by atoms with Gasteiger partial charge < -0.3 is 15.5 Å². The molecule has 1 aromatic carbocycles. The molecule has 14 heteroatoms. The van der Waals surface area contributed by atoms with E-state index >= 15 is 8.78 Å². The van der Waals surface area contributed by atoms with E-state index in [0.717, 1.165) is 10.6 Å². The minimum atomic E-state index is -2.20. The third kappa shape index (κ3) is 5.07. The van der Waals surface area contributed by atoms with E-state index in [9.17, 15) is 22.8 Å². The van der Waals surface area contributed by atoms with Crippen LogP contribution in [0.2, 0.25) is 0 Å². The third-order valence-corrected chi connectivity index (χ3v) is 7.91. The van der Waals surface area contributed by atoms with Crippen LogP contribution in [0.25, 0.3) is 28.0 Å². The molecule has 0 radical (unpaired) electrons. The van der Waals surface area contributed by atoms with Gasteiger partial charge in [-0.1, -0.05) is 20.4 Å². The van der Waals surface area contributed by atoms with Crippen molar-refractivity contribution < 1.29 is 26.7 Å². The van der Waals surface area contributed by atoms with Gasteiger partial charge in [-0.25, -0.2) is 36.3 Å². The lowest BCUT2D eigenvalue weighted by molar-refractivity contribution is -0.130. The number of nitrogen functional groups attached to an aromatic ring is 1. The van der Waals surface area contributed by atoms with Crippen molar-refractivity contribution in [3.05, 3.63) is 81.8 Å². The molecule has 0 unspecified atom stereocenters. The van der Waals surface area contributed by atoms with Crippen molar-refractivity contribution >= 4 is 28.4 Å². The van der Waals surface area contributed by atoms with Crippen LogP contribution in [0.3, 0.4) is 0 Å². The maximum absolute atomic E-state index is 15.9. The number of halogens is 5. The number of nitrogens with zero attached hydrogens (tertiary/aromatic N) is 6. The fraction of sp³-hybridized carbons (Fsp3) is 0.323. The molecule has 2 N–H and O–H groups in total. The summed E-state index contributed by atoms with van der Waals surface area (Å²) < 4.78 is 74.9. The molecule has 5 rings (SSSR count). The molecule has 236 valence electrons. The number of benzene rings is 1. The van der Waals surface area contributed by atoms with Crippen molar-refractivity contribution in [1.82, 2.24) is 24.4 Å². The van der Waals surface area contributed by atoms with Crippen LogP contribution in [-0.2, 0) is 4.79 Å². The molecule has 0 aliphatic carbocycles. The van der Waals surface area contributed by atoms with E-state index < -0.39 is 51.7 Å². The number of fused-ring (bicyclic) bond motifs is 1. The van der Waals surface area contributed by atoms with Gasteiger partial charge >= 0.3 is 5.69 Å². The number of rotatable bonds is 5. The lowest BCUT2D eigenvalue weighted by Gasteiger charge is -2.44. The predicted octanol–water partition coefficient (Wildman–Crippen LogP) is 5.16. The van der Waals surface area contributed by atoms with Gasteiger partial charge in [0.15, 0.2) is 34.7 Å². The summed E-state index contributed by atoms with van der Waals surface area (Å²) >= 11 is 0. The van der Waals surface area contributed by atoms with Gasteiger partial charge in [0.2, 0.25) is 5.91 Å². The van der Waals surface area contributed by atoms with Crippen LogP contribution >= 0.6 is 0 Å². The van der Waals surface area contributed by atoms with Gasteiger partial charge in [-0.05, 0) is 50.5 Å². The second kappa shape index (κ2) is 11.6.